The Bertz CT molecular complexity index is 510. The molecule has 0 radical (unpaired) electrons. The summed E-state index contributed by atoms with van der Waals surface area (Å²) in [5.74, 6) is 0. The van der Waals surface area contributed by atoms with Crippen molar-refractivity contribution in [3.05, 3.63) is 47.0 Å². The molecule has 1 aromatic carbocycles. The molecule has 0 spiro atoms. The van der Waals surface area contributed by atoms with E-state index in [1.165, 1.54) is 9.90 Å². The molecule has 2 atom stereocenters. The minimum atomic E-state index is 0.375. The molecular formula is C16H22N2S2. The molecule has 1 aromatic heterocycles. The van der Waals surface area contributed by atoms with Gasteiger partial charge in [-0.05, 0) is 25.5 Å². The summed E-state index contributed by atoms with van der Waals surface area (Å²) in [7, 11) is 0. The van der Waals surface area contributed by atoms with E-state index in [9.17, 15) is 0 Å². The standard InChI is InChI=1S/C16H22N2S2/c1-4-14(20-16-18-12(3)11-19-16)15(17-5-2)13-9-7-6-8-10-13/h6-11,14-15,17H,4-5H2,1-3H3. The van der Waals surface area contributed by atoms with E-state index in [2.05, 4.69) is 66.8 Å². The van der Waals surface area contributed by atoms with Gasteiger partial charge in [-0.25, -0.2) is 4.98 Å². The highest BCUT2D eigenvalue weighted by molar-refractivity contribution is 8.01. The third-order valence-corrected chi connectivity index (χ3v) is 5.74. The van der Waals surface area contributed by atoms with Crippen LogP contribution < -0.4 is 5.32 Å². The molecule has 0 amide bonds. The Labute approximate surface area is 130 Å². The number of hydrogen-bond donors (Lipinski definition) is 1. The fourth-order valence-electron chi connectivity index (χ4n) is 2.25. The Kier molecular flexibility index (Phi) is 6.07. The van der Waals surface area contributed by atoms with Crippen molar-refractivity contribution in [3.63, 3.8) is 0 Å². The molecule has 0 aliphatic carbocycles. The van der Waals surface area contributed by atoms with E-state index in [0.717, 1.165) is 18.7 Å². The van der Waals surface area contributed by atoms with Crippen molar-refractivity contribution in [1.29, 1.82) is 0 Å². The number of rotatable bonds is 7. The van der Waals surface area contributed by atoms with Crippen LogP contribution >= 0.6 is 23.1 Å². The zero-order valence-electron chi connectivity index (χ0n) is 12.3. The summed E-state index contributed by atoms with van der Waals surface area (Å²) in [5.41, 5.74) is 2.48. The lowest BCUT2D eigenvalue weighted by atomic mass is 10.0. The summed E-state index contributed by atoms with van der Waals surface area (Å²) in [5, 5.41) is 6.26. The molecule has 0 bridgehead atoms. The Morgan fingerprint density at radius 2 is 2.00 bits per heavy atom. The lowest BCUT2D eigenvalue weighted by molar-refractivity contribution is 0.521. The van der Waals surface area contributed by atoms with Crippen LogP contribution in [0.15, 0.2) is 40.1 Å². The van der Waals surface area contributed by atoms with Gasteiger partial charge in [-0.2, -0.15) is 0 Å². The molecule has 2 aromatic rings. The molecular weight excluding hydrogens is 284 g/mol. The number of thioether (sulfide) groups is 1. The molecule has 2 nitrogen and oxygen atoms in total. The van der Waals surface area contributed by atoms with Crippen molar-refractivity contribution >= 4 is 23.1 Å². The van der Waals surface area contributed by atoms with E-state index >= 15 is 0 Å². The van der Waals surface area contributed by atoms with Crippen LogP contribution in [0, 0.1) is 6.92 Å². The van der Waals surface area contributed by atoms with Gasteiger partial charge in [-0.3, -0.25) is 0 Å². The summed E-state index contributed by atoms with van der Waals surface area (Å²) < 4.78 is 1.17. The first-order chi connectivity index (χ1) is 9.74. The van der Waals surface area contributed by atoms with Crippen LogP contribution in [0.25, 0.3) is 0 Å². The van der Waals surface area contributed by atoms with Crippen molar-refractivity contribution in [3.8, 4) is 0 Å². The maximum absolute atomic E-state index is 4.59. The number of aromatic nitrogens is 1. The van der Waals surface area contributed by atoms with Crippen molar-refractivity contribution < 1.29 is 0 Å². The van der Waals surface area contributed by atoms with Crippen LogP contribution in [0.5, 0.6) is 0 Å². The lowest BCUT2D eigenvalue weighted by Gasteiger charge is -2.26. The van der Waals surface area contributed by atoms with Crippen LogP contribution in [0.3, 0.4) is 0 Å². The van der Waals surface area contributed by atoms with Crippen LogP contribution in [0.4, 0.5) is 0 Å². The minimum Gasteiger partial charge on any atom is -0.309 e. The summed E-state index contributed by atoms with van der Waals surface area (Å²) in [6.45, 7) is 7.46. The van der Waals surface area contributed by atoms with Crippen molar-refractivity contribution in [2.75, 3.05) is 6.54 Å². The van der Waals surface area contributed by atoms with E-state index in [4.69, 9.17) is 0 Å². The molecule has 108 valence electrons. The maximum Gasteiger partial charge on any atom is 0.150 e. The Morgan fingerprint density at radius 1 is 1.25 bits per heavy atom. The second kappa shape index (κ2) is 7.81. The quantitative estimate of drug-likeness (QED) is 0.752. The molecule has 0 aliphatic rings. The monoisotopic (exact) mass is 306 g/mol. The van der Waals surface area contributed by atoms with Gasteiger partial charge in [-0.1, -0.05) is 55.9 Å². The lowest BCUT2D eigenvalue weighted by Crippen LogP contribution is -2.29. The molecule has 4 heteroatoms. The summed E-state index contributed by atoms with van der Waals surface area (Å²) in [6, 6.07) is 11.1. The van der Waals surface area contributed by atoms with Gasteiger partial charge in [0.25, 0.3) is 0 Å². The second-order valence-electron chi connectivity index (χ2n) is 4.77. The molecule has 1 N–H and O–H groups in total. The fraction of sp³-hybridized carbons (Fsp3) is 0.438. The Hall–Kier alpha value is -0.840. The molecule has 0 saturated carbocycles. The third kappa shape index (κ3) is 4.08. The molecule has 1 heterocycles. The Morgan fingerprint density at radius 3 is 2.55 bits per heavy atom. The average molecular weight is 306 g/mol. The Balaban J connectivity index is 2.17. The SMILES string of the molecule is CCNC(c1ccccc1)C(CC)Sc1nc(C)cs1. The van der Waals surface area contributed by atoms with Crippen LogP contribution in [-0.2, 0) is 0 Å². The number of aryl methyl sites for hydroxylation is 1. The van der Waals surface area contributed by atoms with Gasteiger partial charge in [0.05, 0.1) is 0 Å². The number of nitrogens with one attached hydrogen (secondary N) is 1. The van der Waals surface area contributed by atoms with Gasteiger partial charge in [0.1, 0.15) is 4.34 Å². The van der Waals surface area contributed by atoms with Crippen LogP contribution in [0.2, 0.25) is 0 Å². The number of benzene rings is 1. The maximum atomic E-state index is 4.59. The van der Waals surface area contributed by atoms with E-state index in [1.54, 1.807) is 11.3 Å². The smallest absolute Gasteiger partial charge is 0.150 e. The first kappa shape index (κ1) is 15.5. The minimum absolute atomic E-state index is 0.375. The summed E-state index contributed by atoms with van der Waals surface area (Å²) in [6.07, 6.45) is 1.12. The first-order valence-corrected chi connectivity index (χ1v) is 8.87. The highest BCUT2D eigenvalue weighted by atomic mass is 32.2. The van der Waals surface area contributed by atoms with Crippen LogP contribution in [-0.4, -0.2) is 16.8 Å². The van der Waals surface area contributed by atoms with E-state index < -0.39 is 0 Å². The zero-order valence-corrected chi connectivity index (χ0v) is 13.9. The summed E-state index contributed by atoms with van der Waals surface area (Å²) in [4.78, 5) is 4.59. The van der Waals surface area contributed by atoms with Crippen molar-refractivity contribution in [2.45, 2.75) is 42.8 Å². The van der Waals surface area contributed by atoms with E-state index in [-0.39, 0.29) is 0 Å². The highest BCUT2D eigenvalue weighted by Gasteiger charge is 2.23. The van der Waals surface area contributed by atoms with Crippen molar-refractivity contribution in [1.82, 2.24) is 10.3 Å². The number of nitrogens with zero attached hydrogens (tertiary/aromatic N) is 1. The predicted molar refractivity (Wildman–Crippen MR) is 89.6 cm³/mol. The van der Waals surface area contributed by atoms with Gasteiger partial charge in [0.15, 0.2) is 0 Å². The van der Waals surface area contributed by atoms with Gasteiger partial charge < -0.3 is 5.32 Å². The first-order valence-electron chi connectivity index (χ1n) is 7.11. The van der Waals surface area contributed by atoms with E-state index in [0.29, 0.717) is 11.3 Å². The highest BCUT2D eigenvalue weighted by Crippen LogP contribution is 2.35. The molecule has 20 heavy (non-hydrogen) atoms. The van der Waals surface area contributed by atoms with Crippen molar-refractivity contribution in [2.24, 2.45) is 0 Å². The van der Waals surface area contributed by atoms with Crippen LogP contribution in [0.1, 0.15) is 37.6 Å². The fourth-order valence-corrected chi connectivity index (χ4v) is 4.52. The summed E-state index contributed by atoms with van der Waals surface area (Å²) >= 11 is 3.65. The average Bonchev–Trinajstić information content (AvgIpc) is 2.89. The largest absolute Gasteiger partial charge is 0.309 e. The van der Waals surface area contributed by atoms with Gasteiger partial charge in [0.2, 0.25) is 0 Å². The normalized spacial score (nSPS) is 14.2. The van der Waals surface area contributed by atoms with Gasteiger partial charge in [-0.15, -0.1) is 11.3 Å². The predicted octanol–water partition coefficient (Wildman–Crippen LogP) is 4.67. The molecule has 0 aliphatic heterocycles. The molecule has 0 saturated heterocycles. The molecule has 2 unspecified atom stereocenters. The third-order valence-electron chi connectivity index (χ3n) is 3.21. The second-order valence-corrected chi connectivity index (χ2v) is 7.11. The topological polar surface area (TPSA) is 24.9 Å². The van der Waals surface area contributed by atoms with E-state index in [1.807, 2.05) is 11.8 Å². The molecule has 2 rings (SSSR count). The van der Waals surface area contributed by atoms with Gasteiger partial charge >= 0.3 is 0 Å². The zero-order chi connectivity index (χ0) is 14.4. The molecule has 0 fully saturated rings. The van der Waals surface area contributed by atoms with Gasteiger partial charge in [0, 0.05) is 22.4 Å². The number of thiazole rings is 1. The number of hydrogen-bond acceptors (Lipinski definition) is 4.